The third-order valence-electron chi connectivity index (χ3n) is 6.77. The number of anilines is 1. The second kappa shape index (κ2) is 9.92. The van der Waals surface area contributed by atoms with Crippen molar-refractivity contribution in [3.8, 4) is 12.3 Å². The SMILES string of the molecule is C#C[C@]1(CO[Si](c2ccccc2)c2ccc(C(C)(C)C)cc2)O[C@@H](n2cnc3c(N)nc(F)nc32)C[C@@H]1O. The van der Waals surface area contributed by atoms with Crippen molar-refractivity contribution in [2.45, 2.75) is 50.5 Å². The number of nitrogen functional groups attached to an aromatic ring is 1. The van der Waals surface area contributed by atoms with E-state index in [0.717, 1.165) is 10.4 Å². The highest BCUT2D eigenvalue weighted by atomic mass is 28.3. The summed E-state index contributed by atoms with van der Waals surface area (Å²) in [6, 6.07) is 18.4. The summed E-state index contributed by atoms with van der Waals surface area (Å²) in [5.41, 5.74) is 6.03. The zero-order valence-electron chi connectivity index (χ0n) is 21.4. The molecule has 0 unspecified atom stereocenters. The summed E-state index contributed by atoms with van der Waals surface area (Å²) in [4.78, 5) is 11.5. The number of halogens is 1. The lowest BCUT2D eigenvalue weighted by Gasteiger charge is -2.29. The number of nitrogens with zero attached hydrogens (tertiary/aromatic N) is 4. The molecule has 5 rings (SSSR count). The molecule has 8 nitrogen and oxygen atoms in total. The normalized spacial score (nSPS) is 21.7. The first-order valence-electron chi connectivity index (χ1n) is 12.3. The molecule has 0 spiro atoms. The third kappa shape index (κ3) is 4.81. The molecular weight excluding hydrogens is 501 g/mol. The second-order valence-electron chi connectivity index (χ2n) is 10.4. The highest BCUT2D eigenvalue weighted by Crippen LogP contribution is 2.38. The van der Waals surface area contributed by atoms with E-state index >= 15 is 0 Å². The topological polar surface area (TPSA) is 108 Å². The van der Waals surface area contributed by atoms with E-state index in [0.29, 0.717) is 0 Å². The maximum atomic E-state index is 13.9. The Kier molecular flexibility index (Phi) is 6.79. The summed E-state index contributed by atoms with van der Waals surface area (Å²) in [6.45, 7) is 6.48. The largest absolute Gasteiger partial charge is 0.403 e. The zero-order chi connectivity index (χ0) is 27.1. The Bertz CT molecular complexity index is 1480. The van der Waals surface area contributed by atoms with E-state index in [1.165, 1.54) is 16.5 Å². The minimum absolute atomic E-state index is 0.0272. The molecule has 1 radical (unpaired) electrons. The van der Waals surface area contributed by atoms with Crippen LogP contribution in [0.15, 0.2) is 60.9 Å². The van der Waals surface area contributed by atoms with Crippen LogP contribution in [0.3, 0.4) is 0 Å². The summed E-state index contributed by atoms with van der Waals surface area (Å²) >= 11 is 0. The zero-order valence-corrected chi connectivity index (χ0v) is 22.4. The number of rotatable bonds is 6. The molecule has 10 heteroatoms. The fourth-order valence-electron chi connectivity index (χ4n) is 4.57. The molecule has 1 aliphatic rings. The van der Waals surface area contributed by atoms with E-state index in [9.17, 15) is 9.50 Å². The maximum absolute atomic E-state index is 13.9. The Morgan fingerprint density at radius 3 is 2.53 bits per heavy atom. The summed E-state index contributed by atoms with van der Waals surface area (Å²) < 4.78 is 28.1. The van der Waals surface area contributed by atoms with Crippen LogP contribution >= 0.6 is 0 Å². The van der Waals surface area contributed by atoms with Crippen LogP contribution in [-0.2, 0) is 14.6 Å². The number of aliphatic hydroxyl groups is 1. The van der Waals surface area contributed by atoms with Gasteiger partial charge in [-0.3, -0.25) is 4.57 Å². The van der Waals surface area contributed by atoms with E-state index in [2.05, 4.69) is 65.9 Å². The highest BCUT2D eigenvalue weighted by molar-refractivity contribution is 6.80. The lowest BCUT2D eigenvalue weighted by molar-refractivity contribution is -0.0842. The average Bonchev–Trinajstić information content (AvgIpc) is 3.46. The van der Waals surface area contributed by atoms with E-state index in [4.69, 9.17) is 21.3 Å². The van der Waals surface area contributed by atoms with Gasteiger partial charge in [0.05, 0.1) is 12.9 Å². The molecule has 38 heavy (non-hydrogen) atoms. The molecule has 0 bridgehead atoms. The van der Waals surface area contributed by atoms with Gasteiger partial charge in [-0.05, 0) is 21.4 Å². The Morgan fingerprint density at radius 2 is 1.87 bits per heavy atom. The lowest BCUT2D eigenvalue weighted by Crippen LogP contribution is -2.51. The number of hydrogen-bond acceptors (Lipinski definition) is 7. The predicted molar refractivity (Wildman–Crippen MR) is 145 cm³/mol. The highest BCUT2D eigenvalue weighted by Gasteiger charge is 2.49. The van der Waals surface area contributed by atoms with Crippen LogP contribution in [0, 0.1) is 18.4 Å². The van der Waals surface area contributed by atoms with Crippen LogP contribution < -0.4 is 16.1 Å². The van der Waals surface area contributed by atoms with Gasteiger partial charge in [0.25, 0.3) is 9.04 Å². The van der Waals surface area contributed by atoms with Crippen molar-refractivity contribution in [3.63, 3.8) is 0 Å². The molecule has 2 aromatic carbocycles. The average molecular weight is 531 g/mol. The van der Waals surface area contributed by atoms with E-state index < -0.39 is 33.1 Å². The van der Waals surface area contributed by atoms with Crippen LogP contribution in [-0.4, -0.2) is 52.0 Å². The van der Waals surface area contributed by atoms with E-state index in [-0.39, 0.29) is 35.4 Å². The minimum atomic E-state index is -1.73. The number of nitrogens with two attached hydrogens (primary N) is 1. The first-order chi connectivity index (χ1) is 18.1. The Balaban J connectivity index is 1.42. The van der Waals surface area contributed by atoms with E-state index in [1.807, 2.05) is 30.3 Å². The Labute approximate surface area is 222 Å². The van der Waals surface area contributed by atoms with Gasteiger partial charge in [0.15, 0.2) is 22.6 Å². The number of aromatic nitrogens is 4. The molecule has 1 saturated heterocycles. The quantitative estimate of drug-likeness (QED) is 0.224. The molecule has 4 aromatic rings. The number of imidazole rings is 1. The van der Waals surface area contributed by atoms with Crippen molar-refractivity contribution in [3.05, 3.63) is 72.6 Å². The summed E-state index contributed by atoms with van der Waals surface area (Å²) in [5, 5.41) is 13.2. The van der Waals surface area contributed by atoms with Crippen molar-refractivity contribution in [1.82, 2.24) is 19.5 Å². The van der Waals surface area contributed by atoms with E-state index in [1.54, 1.807) is 0 Å². The molecule has 0 amide bonds. The van der Waals surface area contributed by atoms with Crippen LogP contribution in [0.5, 0.6) is 0 Å². The molecule has 0 saturated carbocycles. The van der Waals surface area contributed by atoms with Gasteiger partial charge in [0.1, 0.15) is 12.3 Å². The van der Waals surface area contributed by atoms with Gasteiger partial charge in [-0.2, -0.15) is 14.4 Å². The second-order valence-corrected chi connectivity index (χ2v) is 12.5. The number of terminal acetylenes is 1. The summed E-state index contributed by atoms with van der Waals surface area (Å²) in [6.07, 6.45) is 4.73. The van der Waals surface area contributed by atoms with Crippen molar-refractivity contribution in [2.75, 3.05) is 12.3 Å². The fraction of sp³-hybridized carbons (Fsp3) is 0.321. The lowest BCUT2D eigenvalue weighted by atomic mass is 9.87. The first kappa shape index (κ1) is 26.0. The van der Waals surface area contributed by atoms with Gasteiger partial charge in [0, 0.05) is 6.42 Å². The predicted octanol–water partition coefficient (Wildman–Crippen LogP) is 2.32. The van der Waals surface area contributed by atoms with Gasteiger partial charge >= 0.3 is 6.08 Å². The molecular formula is C28H29FN5O3Si. The fourth-order valence-corrected chi connectivity index (χ4v) is 6.56. The van der Waals surface area contributed by atoms with Crippen molar-refractivity contribution in [2.24, 2.45) is 0 Å². The molecule has 3 heterocycles. The van der Waals surface area contributed by atoms with Crippen LogP contribution in [0.25, 0.3) is 11.2 Å². The molecule has 1 fully saturated rings. The number of ether oxygens (including phenoxy) is 1. The van der Waals surface area contributed by atoms with Crippen LogP contribution in [0.4, 0.5) is 10.2 Å². The molecule has 1 aliphatic heterocycles. The minimum Gasteiger partial charge on any atom is -0.403 e. The monoisotopic (exact) mass is 530 g/mol. The third-order valence-corrected chi connectivity index (χ3v) is 8.91. The number of fused-ring (bicyclic) bond motifs is 1. The van der Waals surface area contributed by atoms with Gasteiger partial charge in [-0.15, -0.1) is 6.42 Å². The van der Waals surface area contributed by atoms with Gasteiger partial charge in [0.2, 0.25) is 0 Å². The number of hydrogen-bond donors (Lipinski definition) is 2. The molecule has 195 valence electrons. The number of aliphatic hydroxyl groups excluding tert-OH is 1. The molecule has 2 aromatic heterocycles. The van der Waals surface area contributed by atoms with Gasteiger partial charge in [-0.25, -0.2) is 4.98 Å². The standard InChI is InChI=1S/C28H29FN5O3Si/c1-5-28(21(35)15-22(37-28)34-17-31-23-24(30)32-26(29)33-25(23)34)16-36-38(19-9-7-6-8-10-19)20-13-11-18(12-14-20)27(2,3)4/h1,6-14,17,21-22,35H,15-16H2,2-4H3,(H2,30,32,33)/t21-,22+,28+/m0/s1. The molecule has 0 aliphatic carbocycles. The molecule has 3 atom stereocenters. The molecule has 3 N–H and O–H groups in total. The van der Waals surface area contributed by atoms with Gasteiger partial charge < -0.3 is 20.0 Å². The first-order valence-corrected chi connectivity index (χ1v) is 13.7. The van der Waals surface area contributed by atoms with Crippen molar-refractivity contribution >= 4 is 36.4 Å². The maximum Gasteiger partial charge on any atom is 0.312 e. The Hall–Kier alpha value is -3.62. The Morgan fingerprint density at radius 1 is 1.18 bits per heavy atom. The summed E-state index contributed by atoms with van der Waals surface area (Å²) in [5.74, 6) is 2.55. The van der Waals surface area contributed by atoms with Crippen LogP contribution in [0.1, 0.15) is 39.0 Å². The van der Waals surface area contributed by atoms with Crippen molar-refractivity contribution < 1.29 is 18.7 Å². The van der Waals surface area contributed by atoms with Crippen molar-refractivity contribution in [1.29, 1.82) is 0 Å². The van der Waals surface area contributed by atoms with Gasteiger partial charge in [-0.1, -0.05) is 81.3 Å². The van der Waals surface area contributed by atoms with Crippen LogP contribution in [0.2, 0.25) is 0 Å². The smallest absolute Gasteiger partial charge is 0.312 e. The summed E-state index contributed by atoms with van der Waals surface area (Å²) in [7, 11) is -1.73. The number of benzene rings is 2.